The van der Waals surface area contributed by atoms with E-state index < -0.39 is 0 Å². The first-order valence-electron chi connectivity index (χ1n) is 11.6. The molecule has 8 nitrogen and oxygen atoms in total. The maximum absolute atomic E-state index is 13.5. The van der Waals surface area contributed by atoms with Gasteiger partial charge in [0.2, 0.25) is 0 Å². The number of aromatic nitrogens is 5. The Hall–Kier alpha value is -3.29. The van der Waals surface area contributed by atoms with Crippen molar-refractivity contribution in [3.8, 4) is 11.5 Å². The topological polar surface area (TPSA) is 80.0 Å². The lowest BCUT2D eigenvalue weighted by atomic mass is 10.1. The molecule has 3 aliphatic rings. The summed E-state index contributed by atoms with van der Waals surface area (Å²) in [5, 5.41) is 8.66. The van der Waals surface area contributed by atoms with Crippen molar-refractivity contribution in [2.45, 2.75) is 65.1 Å². The van der Waals surface area contributed by atoms with Crippen molar-refractivity contribution in [1.29, 1.82) is 0 Å². The van der Waals surface area contributed by atoms with E-state index >= 15 is 0 Å². The first-order valence-corrected chi connectivity index (χ1v) is 11.6. The van der Waals surface area contributed by atoms with Gasteiger partial charge in [-0.15, -0.1) is 10.2 Å². The third-order valence-corrected chi connectivity index (χ3v) is 7.02. The second-order valence-electron chi connectivity index (χ2n) is 8.96. The fraction of sp³-hybridized carbons (Fsp3) is 0.458. The summed E-state index contributed by atoms with van der Waals surface area (Å²) in [6.45, 7) is 6.77. The number of hydrogen-bond donors (Lipinski definition) is 0. The van der Waals surface area contributed by atoms with Gasteiger partial charge in [-0.05, 0) is 50.8 Å². The zero-order valence-electron chi connectivity index (χ0n) is 18.6. The van der Waals surface area contributed by atoms with E-state index in [1.54, 1.807) is 4.90 Å². The average Bonchev–Trinajstić information content (AvgIpc) is 3.58. The molecule has 1 saturated heterocycles. The molecule has 1 fully saturated rings. The van der Waals surface area contributed by atoms with Crippen LogP contribution in [0.5, 0.6) is 0 Å². The van der Waals surface area contributed by atoms with Crippen molar-refractivity contribution < 1.29 is 4.79 Å². The number of pyridine rings is 2. The molecule has 0 aliphatic carbocycles. The minimum Gasteiger partial charge on any atom is -0.354 e. The summed E-state index contributed by atoms with van der Waals surface area (Å²) in [6.07, 6.45) is 5.19. The molecule has 6 heterocycles. The molecule has 164 valence electrons. The first kappa shape index (κ1) is 19.4. The second-order valence-corrected chi connectivity index (χ2v) is 8.96. The van der Waals surface area contributed by atoms with Crippen LogP contribution in [0.4, 0.5) is 11.6 Å². The summed E-state index contributed by atoms with van der Waals surface area (Å²) in [5.74, 6) is 3.38. The van der Waals surface area contributed by atoms with Gasteiger partial charge in [-0.1, -0.05) is 13.0 Å². The maximum Gasteiger partial charge on any atom is 0.260 e. The van der Waals surface area contributed by atoms with E-state index in [0.717, 1.165) is 72.3 Å². The molecule has 0 saturated carbocycles. The summed E-state index contributed by atoms with van der Waals surface area (Å²) >= 11 is 0. The third kappa shape index (κ3) is 2.92. The fourth-order valence-corrected chi connectivity index (χ4v) is 5.29. The van der Waals surface area contributed by atoms with Gasteiger partial charge in [-0.25, -0.2) is 9.97 Å². The van der Waals surface area contributed by atoms with Crippen molar-refractivity contribution in [2.75, 3.05) is 16.3 Å². The third-order valence-electron chi connectivity index (χ3n) is 7.02. The van der Waals surface area contributed by atoms with Crippen molar-refractivity contribution >= 4 is 17.5 Å². The van der Waals surface area contributed by atoms with E-state index in [1.165, 1.54) is 12.8 Å². The van der Waals surface area contributed by atoms with E-state index in [1.807, 2.05) is 24.3 Å². The molecule has 6 rings (SSSR count). The van der Waals surface area contributed by atoms with Crippen LogP contribution >= 0.6 is 0 Å². The van der Waals surface area contributed by atoms with Crippen molar-refractivity contribution in [3.63, 3.8) is 0 Å². The molecule has 3 aromatic heterocycles. The Morgan fingerprint density at radius 1 is 1.09 bits per heavy atom. The Bertz CT molecular complexity index is 1220. The Morgan fingerprint density at radius 2 is 2.00 bits per heavy atom. The minimum absolute atomic E-state index is 0.00122. The van der Waals surface area contributed by atoms with Crippen LogP contribution in [0.3, 0.4) is 0 Å². The van der Waals surface area contributed by atoms with Gasteiger partial charge < -0.3 is 9.47 Å². The Balaban J connectivity index is 1.36. The van der Waals surface area contributed by atoms with Crippen LogP contribution in [-0.4, -0.2) is 43.2 Å². The van der Waals surface area contributed by atoms with Crippen molar-refractivity contribution in [3.05, 3.63) is 46.9 Å². The number of carbonyl (C=O) groups excluding carboxylic acids is 1. The summed E-state index contributed by atoms with van der Waals surface area (Å²) in [5.41, 5.74) is 3.57. The van der Waals surface area contributed by atoms with E-state index in [9.17, 15) is 4.79 Å². The van der Waals surface area contributed by atoms with Crippen LogP contribution in [0.2, 0.25) is 0 Å². The smallest absolute Gasteiger partial charge is 0.260 e. The quantitative estimate of drug-likeness (QED) is 0.632. The zero-order valence-corrected chi connectivity index (χ0v) is 18.6. The van der Waals surface area contributed by atoms with Gasteiger partial charge in [0.1, 0.15) is 23.2 Å². The molecule has 0 aromatic carbocycles. The number of anilines is 2. The van der Waals surface area contributed by atoms with Gasteiger partial charge in [-0.2, -0.15) is 0 Å². The molecule has 1 unspecified atom stereocenters. The van der Waals surface area contributed by atoms with Crippen LogP contribution in [0.25, 0.3) is 11.5 Å². The molecule has 3 aromatic rings. The Morgan fingerprint density at radius 3 is 2.81 bits per heavy atom. The summed E-state index contributed by atoms with van der Waals surface area (Å²) < 4.78 is 2.13. The molecule has 32 heavy (non-hydrogen) atoms. The van der Waals surface area contributed by atoms with Gasteiger partial charge in [0.15, 0.2) is 5.82 Å². The van der Waals surface area contributed by atoms with E-state index in [-0.39, 0.29) is 5.91 Å². The number of hydrogen-bond acceptors (Lipinski definition) is 6. The lowest BCUT2D eigenvalue weighted by molar-refractivity contribution is 0.0996. The SMILES string of the molecule is CCc1nc(N2CCCC2C)cc2c1CN(c1cccc(-c3nnc4n3CCC4)n1)C2=O. The minimum atomic E-state index is 0.00122. The highest BCUT2D eigenvalue weighted by atomic mass is 16.2. The lowest BCUT2D eigenvalue weighted by Gasteiger charge is -2.23. The molecule has 0 spiro atoms. The molecule has 1 atom stereocenters. The van der Waals surface area contributed by atoms with E-state index in [4.69, 9.17) is 9.97 Å². The molecular weight excluding hydrogens is 402 g/mol. The van der Waals surface area contributed by atoms with Crippen LogP contribution < -0.4 is 9.80 Å². The highest BCUT2D eigenvalue weighted by molar-refractivity contribution is 6.10. The second kappa shape index (κ2) is 7.39. The highest BCUT2D eigenvalue weighted by Crippen LogP contribution is 2.34. The number of fused-ring (bicyclic) bond motifs is 2. The first-order chi connectivity index (χ1) is 15.6. The van der Waals surface area contributed by atoms with Gasteiger partial charge in [0.25, 0.3) is 5.91 Å². The number of carbonyl (C=O) groups is 1. The summed E-state index contributed by atoms with van der Waals surface area (Å²) in [6, 6.07) is 8.24. The monoisotopic (exact) mass is 429 g/mol. The Kier molecular flexibility index (Phi) is 4.48. The molecule has 0 bridgehead atoms. The molecular formula is C24H27N7O. The fourth-order valence-electron chi connectivity index (χ4n) is 5.29. The molecule has 1 amide bonds. The normalized spacial score (nSPS) is 19.7. The molecule has 8 heteroatoms. The standard InChI is InChI=1S/C24H27N7O/c1-3-18-17-14-31(24(32)16(17)13-22(25-18)29-11-5-7-15(29)2)20-9-4-8-19(26-20)23-28-27-21-10-6-12-30(21)23/h4,8-9,13,15H,3,5-7,10-12,14H2,1-2H3. The van der Waals surface area contributed by atoms with Crippen LogP contribution in [0.1, 0.15) is 60.5 Å². The summed E-state index contributed by atoms with van der Waals surface area (Å²) in [7, 11) is 0. The molecule has 0 N–H and O–H groups in total. The number of amides is 1. The summed E-state index contributed by atoms with van der Waals surface area (Å²) in [4.78, 5) is 27.4. The highest BCUT2D eigenvalue weighted by Gasteiger charge is 2.34. The largest absolute Gasteiger partial charge is 0.354 e. The van der Waals surface area contributed by atoms with Crippen LogP contribution in [-0.2, 0) is 25.9 Å². The van der Waals surface area contributed by atoms with Crippen molar-refractivity contribution in [1.82, 2.24) is 24.7 Å². The zero-order chi connectivity index (χ0) is 21.8. The molecule has 0 radical (unpaired) electrons. The lowest BCUT2D eigenvalue weighted by Crippen LogP contribution is -2.28. The van der Waals surface area contributed by atoms with Gasteiger partial charge in [0.05, 0.1) is 12.1 Å². The number of nitrogens with zero attached hydrogens (tertiary/aromatic N) is 7. The van der Waals surface area contributed by atoms with E-state index in [2.05, 4.69) is 33.5 Å². The maximum atomic E-state index is 13.5. The van der Waals surface area contributed by atoms with Crippen LogP contribution in [0.15, 0.2) is 24.3 Å². The number of aryl methyl sites for hydroxylation is 2. The Labute approximate surface area is 187 Å². The van der Waals surface area contributed by atoms with Crippen molar-refractivity contribution in [2.24, 2.45) is 0 Å². The predicted molar refractivity (Wildman–Crippen MR) is 122 cm³/mol. The van der Waals surface area contributed by atoms with Gasteiger partial charge in [-0.3, -0.25) is 9.69 Å². The van der Waals surface area contributed by atoms with E-state index in [0.29, 0.717) is 18.4 Å². The molecule has 3 aliphatic heterocycles. The average molecular weight is 430 g/mol. The number of rotatable bonds is 4. The predicted octanol–water partition coefficient (Wildman–Crippen LogP) is 3.39. The van der Waals surface area contributed by atoms with Gasteiger partial charge in [0, 0.05) is 36.8 Å². The van der Waals surface area contributed by atoms with Crippen LogP contribution in [0, 0.1) is 0 Å². The van der Waals surface area contributed by atoms with Gasteiger partial charge >= 0.3 is 0 Å².